The molecule has 0 heterocycles. The first kappa shape index (κ1) is 15.6. The predicted octanol–water partition coefficient (Wildman–Crippen LogP) is 4.86. The van der Waals surface area contributed by atoms with E-state index >= 15 is 0 Å². The summed E-state index contributed by atoms with van der Waals surface area (Å²) in [6.45, 7) is 7.43. The molecule has 1 rings (SSSR count). The Hall–Kier alpha value is -0.410. The fraction of sp³-hybridized carbons (Fsp3) is 0.600. The lowest BCUT2D eigenvalue weighted by Crippen LogP contribution is -2.34. The summed E-state index contributed by atoms with van der Waals surface area (Å²) in [4.78, 5) is 0. The zero-order valence-electron chi connectivity index (χ0n) is 11.5. The molecule has 0 saturated heterocycles. The number of benzene rings is 1. The molecule has 0 fully saturated rings. The van der Waals surface area contributed by atoms with Gasteiger partial charge in [0.25, 0.3) is 0 Å². The summed E-state index contributed by atoms with van der Waals surface area (Å²) in [5, 5.41) is 3.53. The Labute approximate surface area is 118 Å². The number of hydrogen-bond acceptors (Lipinski definition) is 1. The molecule has 0 aliphatic rings. The molecule has 1 nitrogen and oxygen atoms in total. The molecule has 0 aromatic heterocycles. The van der Waals surface area contributed by atoms with E-state index < -0.39 is 0 Å². The van der Waals surface area contributed by atoms with Gasteiger partial charge in [-0.15, -0.1) is 0 Å². The molecular weight excluding hydrogens is 293 g/mol. The van der Waals surface area contributed by atoms with E-state index in [0.29, 0.717) is 6.04 Å². The summed E-state index contributed by atoms with van der Waals surface area (Å²) in [6.07, 6.45) is 3.30. The average molecular weight is 316 g/mol. The second-order valence-corrected chi connectivity index (χ2v) is 5.72. The second kappa shape index (κ2) is 7.90. The van der Waals surface area contributed by atoms with Gasteiger partial charge in [-0.05, 0) is 43.0 Å². The Morgan fingerprint density at radius 3 is 2.56 bits per heavy atom. The smallest absolute Gasteiger partial charge is 0.127 e. The average Bonchev–Trinajstić information content (AvgIpc) is 2.33. The van der Waals surface area contributed by atoms with E-state index in [9.17, 15) is 4.39 Å². The van der Waals surface area contributed by atoms with Gasteiger partial charge < -0.3 is 5.32 Å². The van der Waals surface area contributed by atoms with Crippen LogP contribution >= 0.6 is 15.9 Å². The molecule has 1 N–H and O–H groups in total. The fourth-order valence-electron chi connectivity index (χ4n) is 2.26. The standard InChI is InChI=1S/C15H23BrFN/c1-4-6-15(18-9-5-2)11(3)13-8-7-12(16)10-14(13)17/h7-8,10-11,15,18H,4-6,9H2,1-3H3. The van der Waals surface area contributed by atoms with Crippen LogP contribution in [0.3, 0.4) is 0 Å². The van der Waals surface area contributed by atoms with Gasteiger partial charge in [0.2, 0.25) is 0 Å². The summed E-state index contributed by atoms with van der Waals surface area (Å²) in [6, 6.07) is 5.71. The highest BCUT2D eigenvalue weighted by Gasteiger charge is 2.20. The van der Waals surface area contributed by atoms with Crippen molar-refractivity contribution in [1.82, 2.24) is 5.32 Å². The van der Waals surface area contributed by atoms with Gasteiger partial charge in [0.1, 0.15) is 5.82 Å². The fourth-order valence-corrected chi connectivity index (χ4v) is 2.59. The molecule has 0 amide bonds. The lowest BCUT2D eigenvalue weighted by molar-refractivity contribution is 0.411. The van der Waals surface area contributed by atoms with Crippen molar-refractivity contribution in [3.05, 3.63) is 34.1 Å². The molecule has 0 aliphatic heterocycles. The molecule has 18 heavy (non-hydrogen) atoms. The molecule has 0 aliphatic carbocycles. The van der Waals surface area contributed by atoms with Crippen LogP contribution in [0.1, 0.15) is 51.5 Å². The summed E-state index contributed by atoms with van der Waals surface area (Å²) >= 11 is 3.30. The highest BCUT2D eigenvalue weighted by Crippen LogP contribution is 2.26. The van der Waals surface area contributed by atoms with E-state index in [4.69, 9.17) is 0 Å². The third-order valence-corrected chi connectivity index (χ3v) is 3.81. The molecule has 0 bridgehead atoms. The third-order valence-electron chi connectivity index (χ3n) is 3.31. The molecular formula is C15H23BrFN. The first-order valence-corrected chi connectivity index (χ1v) is 7.57. The lowest BCUT2D eigenvalue weighted by Gasteiger charge is -2.25. The summed E-state index contributed by atoms with van der Waals surface area (Å²) in [5.74, 6) is 0.0841. The number of hydrogen-bond donors (Lipinski definition) is 1. The molecule has 0 saturated carbocycles. The van der Waals surface area contributed by atoms with Gasteiger partial charge in [0, 0.05) is 10.5 Å². The topological polar surface area (TPSA) is 12.0 Å². The summed E-state index contributed by atoms with van der Waals surface area (Å²) in [5.41, 5.74) is 0.806. The van der Waals surface area contributed by atoms with Crippen LogP contribution in [0.4, 0.5) is 4.39 Å². The predicted molar refractivity (Wildman–Crippen MR) is 79.5 cm³/mol. The maximum atomic E-state index is 14.0. The maximum Gasteiger partial charge on any atom is 0.127 e. The summed E-state index contributed by atoms with van der Waals surface area (Å²) < 4.78 is 14.8. The van der Waals surface area contributed by atoms with Crippen molar-refractivity contribution in [3.63, 3.8) is 0 Å². The number of rotatable bonds is 7. The molecule has 2 unspecified atom stereocenters. The van der Waals surface area contributed by atoms with Gasteiger partial charge in [0.15, 0.2) is 0 Å². The van der Waals surface area contributed by atoms with Crippen LogP contribution in [0.15, 0.2) is 22.7 Å². The first-order chi connectivity index (χ1) is 8.60. The largest absolute Gasteiger partial charge is 0.313 e. The van der Waals surface area contributed by atoms with Crippen molar-refractivity contribution in [2.45, 2.75) is 52.0 Å². The minimum absolute atomic E-state index is 0.115. The van der Waals surface area contributed by atoms with E-state index in [1.165, 1.54) is 0 Å². The minimum Gasteiger partial charge on any atom is -0.313 e. The van der Waals surface area contributed by atoms with Crippen LogP contribution in [0.25, 0.3) is 0 Å². The van der Waals surface area contributed by atoms with Gasteiger partial charge in [-0.3, -0.25) is 0 Å². The lowest BCUT2D eigenvalue weighted by atomic mass is 9.90. The molecule has 1 aromatic carbocycles. The van der Waals surface area contributed by atoms with Crippen molar-refractivity contribution in [2.75, 3.05) is 6.54 Å². The molecule has 3 heteroatoms. The second-order valence-electron chi connectivity index (χ2n) is 4.80. The number of nitrogens with one attached hydrogen (secondary N) is 1. The van der Waals surface area contributed by atoms with Crippen LogP contribution in [-0.2, 0) is 0 Å². The van der Waals surface area contributed by atoms with Crippen molar-refractivity contribution >= 4 is 15.9 Å². The normalized spacial score (nSPS) is 14.5. The van der Waals surface area contributed by atoms with Crippen LogP contribution in [0.2, 0.25) is 0 Å². The Bertz CT molecular complexity index is 368. The SMILES string of the molecule is CCCNC(CCC)C(C)c1ccc(Br)cc1F. The molecule has 102 valence electrons. The van der Waals surface area contributed by atoms with E-state index in [1.807, 2.05) is 12.1 Å². The summed E-state index contributed by atoms with van der Waals surface area (Å²) in [7, 11) is 0. The van der Waals surface area contributed by atoms with Crippen molar-refractivity contribution in [3.8, 4) is 0 Å². The highest BCUT2D eigenvalue weighted by molar-refractivity contribution is 9.10. The van der Waals surface area contributed by atoms with Crippen LogP contribution in [0, 0.1) is 5.82 Å². The third kappa shape index (κ3) is 4.36. The quantitative estimate of drug-likeness (QED) is 0.757. The zero-order valence-corrected chi connectivity index (χ0v) is 13.1. The van der Waals surface area contributed by atoms with Crippen LogP contribution in [0.5, 0.6) is 0 Å². The van der Waals surface area contributed by atoms with Crippen LogP contribution in [-0.4, -0.2) is 12.6 Å². The van der Waals surface area contributed by atoms with Crippen molar-refractivity contribution in [2.24, 2.45) is 0 Å². The Morgan fingerprint density at radius 1 is 1.28 bits per heavy atom. The van der Waals surface area contributed by atoms with Gasteiger partial charge in [-0.25, -0.2) is 4.39 Å². The molecule has 0 radical (unpaired) electrons. The molecule has 2 atom stereocenters. The van der Waals surface area contributed by atoms with E-state index in [0.717, 1.165) is 35.8 Å². The Balaban J connectivity index is 2.83. The molecule has 1 aromatic rings. The Morgan fingerprint density at radius 2 is 2.00 bits per heavy atom. The van der Waals surface area contributed by atoms with E-state index in [2.05, 4.69) is 42.0 Å². The number of halogens is 2. The maximum absolute atomic E-state index is 14.0. The van der Waals surface area contributed by atoms with Gasteiger partial charge in [0.05, 0.1) is 0 Å². The van der Waals surface area contributed by atoms with Gasteiger partial charge in [-0.1, -0.05) is 49.2 Å². The van der Waals surface area contributed by atoms with E-state index in [-0.39, 0.29) is 11.7 Å². The van der Waals surface area contributed by atoms with E-state index in [1.54, 1.807) is 6.07 Å². The van der Waals surface area contributed by atoms with Crippen LogP contribution < -0.4 is 5.32 Å². The Kier molecular flexibility index (Phi) is 6.87. The highest BCUT2D eigenvalue weighted by atomic mass is 79.9. The van der Waals surface area contributed by atoms with Gasteiger partial charge >= 0.3 is 0 Å². The van der Waals surface area contributed by atoms with Gasteiger partial charge in [-0.2, -0.15) is 0 Å². The zero-order chi connectivity index (χ0) is 13.5. The van der Waals surface area contributed by atoms with Crippen molar-refractivity contribution in [1.29, 1.82) is 0 Å². The molecule has 0 spiro atoms. The monoisotopic (exact) mass is 315 g/mol. The first-order valence-electron chi connectivity index (χ1n) is 6.78. The minimum atomic E-state index is -0.115. The van der Waals surface area contributed by atoms with Crippen molar-refractivity contribution < 1.29 is 4.39 Å².